The molecular weight excluding hydrogens is 304 g/mol. The van der Waals surface area contributed by atoms with Gasteiger partial charge in [0.15, 0.2) is 6.29 Å². The summed E-state index contributed by atoms with van der Waals surface area (Å²) in [6, 6.07) is 0. The average molecular weight is 319 g/mol. The molecule has 0 saturated carbocycles. The topological polar surface area (TPSA) is 79.9 Å². The first kappa shape index (κ1) is 15.2. The number of rotatable bonds is 7. The second-order valence-electron chi connectivity index (χ2n) is 3.89. The van der Waals surface area contributed by atoms with Crippen LogP contribution in [0.5, 0.6) is 0 Å². The maximum atomic E-state index is 5.94. The Kier molecular flexibility index (Phi) is 5.35. The molecule has 0 unspecified atom stereocenters. The third-order valence-corrected chi connectivity index (χ3v) is 4.01. The number of thioether (sulfide) groups is 1. The van der Waals surface area contributed by atoms with Crippen molar-refractivity contribution in [3.8, 4) is 0 Å². The van der Waals surface area contributed by atoms with Crippen molar-refractivity contribution in [2.75, 3.05) is 14.2 Å². The highest BCUT2D eigenvalue weighted by Gasteiger charge is 2.14. The summed E-state index contributed by atoms with van der Waals surface area (Å²) in [5.41, 5.74) is 0. The molecule has 10 heteroatoms. The van der Waals surface area contributed by atoms with Gasteiger partial charge in [-0.2, -0.15) is 0 Å². The van der Waals surface area contributed by atoms with E-state index in [1.165, 1.54) is 11.8 Å². The Morgan fingerprint density at radius 2 is 2.15 bits per heavy atom. The number of methoxy groups -OCH3 is 2. The fourth-order valence-corrected chi connectivity index (χ4v) is 2.52. The van der Waals surface area contributed by atoms with Crippen LogP contribution in [-0.2, 0) is 28.8 Å². The number of ether oxygens (including phenoxy) is 2. The first-order valence-electron chi connectivity index (χ1n) is 5.76. The molecule has 0 N–H and O–H groups in total. The lowest BCUT2D eigenvalue weighted by molar-refractivity contribution is -0.113. The number of hydrogen-bond donors (Lipinski definition) is 0. The van der Waals surface area contributed by atoms with Crippen molar-refractivity contribution < 1.29 is 9.47 Å². The van der Waals surface area contributed by atoms with E-state index in [9.17, 15) is 0 Å². The normalized spacial score (nSPS) is 11.4. The van der Waals surface area contributed by atoms with Gasteiger partial charge >= 0.3 is 0 Å². The Labute approximate surface area is 125 Å². The standard InChI is InChI=1S/C10H15ClN6O2S/c1-16-7(11)4-12-8(16)6-20-10-13-14-15-17(10)5-9(18-2)19-3/h4,9H,5-6H2,1-3H3. The van der Waals surface area contributed by atoms with Crippen LogP contribution in [0.3, 0.4) is 0 Å². The molecule has 0 aliphatic carbocycles. The Morgan fingerprint density at radius 1 is 1.40 bits per heavy atom. The minimum Gasteiger partial charge on any atom is -0.354 e. The third kappa shape index (κ3) is 3.48. The van der Waals surface area contributed by atoms with E-state index in [4.69, 9.17) is 21.1 Å². The van der Waals surface area contributed by atoms with Crippen molar-refractivity contribution in [2.24, 2.45) is 7.05 Å². The molecule has 0 atom stereocenters. The highest BCUT2D eigenvalue weighted by molar-refractivity contribution is 7.98. The Bertz CT molecular complexity index is 556. The molecule has 2 heterocycles. The van der Waals surface area contributed by atoms with Gasteiger partial charge in [0.05, 0.1) is 18.5 Å². The van der Waals surface area contributed by atoms with Crippen molar-refractivity contribution in [3.63, 3.8) is 0 Å². The highest BCUT2D eigenvalue weighted by Crippen LogP contribution is 2.21. The van der Waals surface area contributed by atoms with Crippen LogP contribution >= 0.6 is 23.4 Å². The smallest absolute Gasteiger partial charge is 0.209 e. The number of aromatic nitrogens is 6. The van der Waals surface area contributed by atoms with Crippen LogP contribution in [0.4, 0.5) is 0 Å². The molecule has 0 aliphatic heterocycles. The Hall–Kier alpha value is -1.16. The third-order valence-electron chi connectivity index (χ3n) is 2.70. The fourth-order valence-electron chi connectivity index (χ4n) is 1.49. The van der Waals surface area contributed by atoms with E-state index in [2.05, 4.69) is 20.5 Å². The molecule has 0 amide bonds. The minimum atomic E-state index is -0.388. The van der Waals surface area contributed by atoms with Crippen LogP contribution in [0.15, 0.2) is 11.4 Å². The van der Waals surface area contributed by atoms with E-state index >= 15 is 0 Å². The molecule has 0 fully saturated rings. The summed E-state index contributed by atoms with van der Waals surface area (Å²) in [4.78, 5) is 4.22. The molecule has 0 aromatic carbocycles. The van der Waals surface area contributed by atoms with Gasteiger partial charge in [-0.15, -0.1) is 5.10 Å². The van der Waals surface area contributed by atoms with E-state index in [0.717, 1.165) is 5.82 Å². The molecule has 0 saturated heterocycles. The molecule has 0 bridgehead atoms. The van der Waals surface area contributed by atoms with Crippen molar-refractivity contribution >= 4 is 23.4 Å². The first-order valence-corrected chi connectivity index (χ1v) is 7.12. The van der Waals surface area contributed by atoms with Crippen molar-refractivity contribution in [1.82, 2.24) is 29.8 Å². The summed E-state index contributed by atoms with van der Waals surface area (Å²) in [5.74, 6) is 1.47. The molecule has 8 nitrogen and oxygen atoms in total. The van der Waals surface area contributed by atoms with Gasteiger partial charge in [0.2, 0.25) is 5.16 Å². The summed E-state index contributed by atoms with van der Waals surface area (Å²) in [7, 11) is 5.00. The Morgan fingerprint density at radius 3 is 2.75 bits per heavy atom. The monoisotopic (exact) mass is 318 g/mol. The number of hydrogen-bond acceptors (Lipinski definition) is 7. The second kappa shape index (κ2) is 7.02. The summed E-state index contributed by atoms with van der Waals surface area (Å²) in [5, 5.41) is 12.8. The Balaban J connectivity index is 2.00. The molecule has 0 aliphatic rings. The van der Waals surface area contributed by atoms with Gasteiger partial charge in [0.25, 0.3) is 0 Å². The lowest BCUT2D eigenvalue weighted by Crippen LogP contribution is -2.21. The predicted octanol–water partition coefficient (Wildman–Crippen LogP) is 0.971. The van der Waals surface area contributed by atoms with Gasteiger partial charge in [0.1, 0.15) is 11.0 Å². The van der Waals surface area contributed by atoms with Gasteiger partial charge < -0.3 is 14.0 Å². The number of nitrogens with zero attached hydrogens (tertiary/aromatic N) is 6. The van der Waals surface area contributed by atoms with Crippen molar-refractivity contribution in [1.29, 1.82) is 0 Å². The zero-order valence-corrected chi connectivity index (χ0v) is 12.9. The van der Waals surface area contributed by atoms with Crippen LogP contribution in [0.2, 0.25) is 5.15 Å². The maximum Gasteiger partial charge on any atom is 0.209 e. The van der Waals surface area contributed by atoms with Crippen molar-refractivity contribution in [3.05, 3.63) is 17.2 Å². The lowest BCUT2D eigenvalue weighted by Gasteiger charge is -2.13. The van der Waals surface area contributed by atoms with E-state index in [0.29, 0.717) is 22.6 Å². The molecule has 0 spiro atoms. The lowest BCUT2D eigenvalue weighted by atomic mass is 10.6. The SMILES string of the molecule is COC(Cn1nnnc1SCc1ncc(Cl)n1C)OC. The largest absolute Gasteiger partial charge is 0.354 e. The molecule has 2 aromatic heterocycles. The van der Waals surface area contributed by atoms with Crippen LogP contribution in [-0.4, -0.2) is 50.3 Å². The molecule has 20 heavy (non-hydrogen) atoms. The van der Waals surface area contributed by atoms with Gasteiger partial charge in [-0.25, -0.2) is 9.67 Å². The molecule has 2 aromatic rings. The quantitative estimate of drug-likeness (QED) is 0.556. The fraction of sp³-hybridized carbons (Fsp3) is 0.600. The average Bonchev–Trinajstić information content (AvgIpc) is 3.02. The van der Waals surface area contributed by atoms with Gasteiger partial charge in [-0.05, 0) is 10.4 Å². The zero-order chi connectivity index (χ0) is 14.5. The number of halogens is 1. The summed E-state index contributed by atoms with van der Waals surface area (Å²) in [6.45, 7) is 0.420. The maximum absolute atomic E-state index is 5.94. The van der Waals surface area contributed by atoms with E-state index in [1.54, 1.807) is 25.1 Å². The van der Waals surface area contributed by atoms with Gasteiger partial charge in [0, 0.05) is 21.3 Å². The summed E-state index contributed by atoms with van der Waals surface area (Å²) < 4.78 is 13.7. The van der Waals surface area contributed by atoms with Gasteiger partial charge in [-0.1, -0.05) is 23.4 Å². The molecular formula is C10H15ClN6O2S. The summed E-state index contributed by atoms with van der Waals surface area (Å²) in [6.07, 6.45) is 1.23. The predicted molar refractivity (Wildman–Crippen MR) is 73.4 cm³/mol. The van der Waals surface area contributed by atoms with E-state index < -0.39 is 0 Å². The number of tetrazole rings is 1. The van der Waals surface area contributed by atoms with Crippen LogP contribution < -0.4 is 0 Å². The van der Waals surface area contributed by atoms with E-state index in [1.807, 2.05) is 11.6 Å². The second-order valence-corrected chi connectivity index (χ2v) is 5.22. The molecule has 110 valence electrons. The minimum absolute atomic E-state index is 0.388. The van der Waals surface area contributed by atoms with Crippen LogP contribution in [0.25, 0.3) is 0 Å². The molecule has 0 radical (unpaired) electrons. The van der Waals surface area contributed by atoms with Crippen LogP contribution in [0.1, 0.15) is 5.82 Å². The van der Waals surface area contributed by atoms with Gasteiger partial charge in [-0.3, -0.25) is 0 Å². The zero-order valence-electron chi connectivity index (χ0n) is 11.4. The van der Waals surface area contributed by atoms with E-state index in [-0.39, 0.29) is 6.29 Å². The number of imidazole rings is 1. The molecule has 2 rings (SSSR count). The van der Waals surface area contributed by atoms with Crippen molar-refractivity contribution in [2.45, 2.75) is 23.7 Å². The summed E-state index contributed by atoms with van der Waals surface area (Å²) >= 11 is 7.41. The first-order chi connectivity index (χ1) is 9.65. The van der Waals surface area contributed by atoms with Crippen LogP contribution in [0, 0.1) is 0 Å². The highest BCUT2D eigenvalue weighted by atomic mass is 35.5.